The molecule has 98 valence electrons. The van der Waals surface area contributed by atoms with Gasteiger partial charge in [-0.15, -0.1) is 0 Å². The molecule has 1 unspecified atom stereocenters. The standard InChI is InChI=1S/C12H22N2O2S/c1-3-5-12(13)11-6-8-14(10-11)7-4-9-17(2,15)16/h6,8,10,12H,3-5,7,9,13H2,1-2H3. The average molecular weight is 258 g/mol. The molecule has 0 aliphatic carbocycles. The summed E-state index contributed by atoms with van der Waals surface area (Å²) in [7, 11) is -2.85. The van der Waals surface area contributed by atoms with Crippen LogP contribution in [-0.2, 0) is 16.4 Å². The van der Waals surface area contributed by atoms with E-state index >= 15 is 0 Å². The lowest BCUT2D eigenvalue weighted by molar-refractivity contribution is 0.591. The molecule has 0 saturated heterocycles. The third-order valence-electron chi connectivity index (χ3n) is 2.73. The van der Waals surface area contributed by atoms with Gasteiger partial charge in [-0.3, -0.25) is 0 Å². The van der Waals surface area contributed by atoms with Gasteiger partial charge in [-0.25, -0.2) is 8.42 Å². The zero-order chi connectivity index (χ0) is 12.9. The van der Waals surface area contributed by atoms with Crippen molar-refractivity contribution in [3.63, 3.8) is 0 Å². The Morgan fingerprint density at radius 2 is 2.18 bits per heavy atom. The highest BCUT2D eigenvalue weighted by atomic mass is 32.2. The van der Waals surface area contributed by atoms with Crippen LogP contribution in [0.25, 0.3) is 0 Å². The Kier molecular flexibility index (Phi) is 5.21. The monoisotopic (exact) mass is 258 g/mol. The summed E-state index contributed by atoms with van der Waals surface area (Å²) in [4.78, 5) is 0. The molecule has 0 aromatic carbocycles. The zero-order valence-electron chi connectivity index (χ0n) is 10.6. The Bertz CT molecular complexity index is 437. The van der Waals surface area contributed by atoms with E-state index in [1.54, 1.807) is 0 Å². The topological polar surface area (TPSA) is 65.1 Å². The second-order valence-corrected chi connectivity index (χ2v) is 6.82. The van der Waals surface area contributed by atoms with Crippen molar-refractivity contribution in [2.45, 2.75) is 38.8 Å². The van der Waals surface area contributed by atoms with E-state index in [0.29, 0.717) is 6.42 Å². The summed E-state index contributed by atoms with van der Waals surface area (Å²) in [5.41, 5.74) is 7.14. The lowest BCUT2D eigenvalue weighted by atomic mass is 10.1. The summed E-state index contributed by atoms with van der Waals surface area (Å²) in [5.74, 6) is 0.238. The van der Waals surface area contributed by atoms with Gasteiger partial charge in [-0.2, -0.15) is 0 Å². The summed E-state index contributed by atoms with van der Waals surface area (Å²) in [6.45, 7) is 2.84. The van der Waals surface area contributed by atoms with E-state index in [2.05, 4.69) is 6.92 Å². The molecule has 1 rings (SSSR count). The largest absolute Gasteiger partial charge is 0.354 e. The minimum Gasteiger partial charge on any atom is -0.354 e. The molecule has 0 spiro atoms. The van der Waals surface area contributed by atoms with Crippen LogP contribution in [0.3, 0.4) is 0 Å². The van der Waals surface area contributed by atoms with E-state index in [9.17, 15) is 8.42 Å². The fourth-order valence-corrected chi connectivity index (χ4v) is 2.46. The van der Waals surface area contributed by atoms with E-state index < -0.39 is 9.84 Å². The van der Waals surface area contributed by atoms with E-state index in [-0.39, 0.29) is 11.8 Å². The van der Waals surface area contributed by atoms with Gasteiger partial charge in [0.05, 0.1) is 5.75 Å². The fourth-order valence-electron chi connectivity index (χ4n) is 1.80. The summed E-state index contributed by atoms with van der Waals surface area (Å²) < 4.78 is 24.0. The summed E-state index contributed by atoms with van der Waals surface area (Å²) >= 11 is 0. The molecule has 1 aromatic heterocycles. The van der Waals surface area contributed by atoms with Gasteiger partial charge in [-0.1, -0.05) is 13.3 Å². The highest BCUT2D eigenvalue weighted by molar-refractivity contribution is 7.90. The molecule has 17 heavy (non-hydrogen) atoms. The predicted molar refractivity (Wildman–Crippen MR) is 70.6 cm³/mol. The zero-order valence-corrected chi connectivity index (χ0v) is 11.4. The third-order valence-corrected chi connectivity index (χ3v) is 3.76. The minimum atomic E-state index is -2.85. The van der Waals surface area contributed by atoms with Crippen LogP contribution in [-0.4, -0.2) is 25.0 Å². The molecular weight excluding hydrogens is 236 g/mol. The van der Waals surface area contributed by atoms with Crippen LogP contribution in [0, 0.1) is 0 Å². The van der Waals surface area contributed by atoms with Crippen molar-refractivity contribution in [2.24, 2.45) is 5.73 Å². The second kappa shape index (κ2) is 6.21. The minimum absolute atomic E-state index is 0.0937. The Labute approximate surface area is 104 Å². The third kappa shape index (κ3) is 5.37. The molecule has 0 amide bonds. The first kappa shape index (κ1) is 14.3. The molecular formula is C12H22N2O2S. The highest BCUT2D eigenvalue weighted by Crippen LogP contribution is 2.16. The van der Waals surface area contributed by atoms with Crippen LogP contribution in [0.2, 0.25) is 0 Å². The Morgan fingerprint density at radius 3 is 2.76 bits per heavy atom. The van der Waals surface area contributed by atoms with Crippen molar-refractivity contribution < 1.29 is 8.42 Å². The second-order valence-electron chi connectivity index (χ2n) is 4.56. The van der Waals surface area contributed by atoms with Gasteiger partial charge in [0.25, 0.3) is 0 Å². The van der Waals surface area contributed by atoms with Gasteiger partial charge in [0.15, 0.2) is 0 Å². The van der Waals surface area contributed by atoms with Crippen molar-refractivity contribution in [1.29, 1.82) is 0 Å². The molecule has 2 N–H and O–H groups in total. The summed E-state index contributed by atoms with van der Waals surface area (Å²) in [5, 5.41) is 0. The van der Waals surface area contributed by atoms with Gasteiger partial charge in [0.1, 0.15) is 9.84 Å². The van der Waals surface area contributed by atoms with Crippen LogP contribution >= 0.6 is 0 Å². The molecule has 0 fully saturated rings. The number of sulfone groups is 1. The van der Waals surface area contributed by atoms with Crippen LogP contribution in [0.15, 0.2) is 18.5 Å². The molecule has 0 aliphatic rings. The number of aromatic nitrogens is 1. The maximum atomic E-state index is 11.0. The number of hydrogen-bond acceptors (Lipinski definition) is 3. The number of aryl methyl sites for hydroxylation is 1. The molecule has 1 heterocycles. The van der Waals surface area contributed by atoms with Gasteiger partial charge >= 0.3 is 0 Å². The maximum absolute atomic E-state index is 11.0. The van der Waals surface area contributed by atoms with E-state index in [1.165, 1.54) is 6.26 Å². The first-order valence-electron chi connectivity index (χ1n) is 6.01. The average Bonchev–Trinajstić information content (AvgIpc) is 2.65. The first-order valence-corrected chi connectivity index (χ1v) is 8.07. The van der Waals surface area contributed by atoms with Gasteiger partial charge in [-0.05, 0) is 24.5 Å². The Hall–Kier alpha value is -0.810. The van der Waals surface area contributed by atoms with Crippen molar-refractivity contribution >= 4 is 9.84 Å². The molecule has 4 nitrogen and oxygen atoms in total. The molecule has 0 aliphatic heterocycles. The number of nitrogens with two attached hydrogens (primary N) is 1. The predicted octanol–water partition coefficient (Wildman–Crippen LogP) is 1.72. The smallest absolute Gasteiger partial charge is 0.147 e. The first-order chi connectivity index (χ1) is 7.92. The van der Waals surface area contributed by atoms with E-state index in [4.69, 9.17) is 5.73 Å². The van der Waals surface area contributed by atoms with E-state index in [0.717, 1.165) is 24.9 Å². The van der Waals surface area contributed by atoms with Crippen molar-refractivity contribution in [3.8, 4) is 0 Å². The number of hydrogen-bond donors (Lipinski definition) is 1. The van der Waals surface area contributed by atoms with E-state index in [1.807, 2.05) is 23.0 Å². The number of nitrogens with zero attached hydrogens (tertiary/aromatic N) is 1. The molecule has 0 bridgehead atoms. The van der Waals surface area contributed by atoms with Gasteiger partial charge < -0.3 is 10.3 Å². The van der Waals surface area contributed by atoms with Crippen molar-refractivity contribution in [3.05, 3.63) is 24.0 Å². The molecule has 5 heteroatoms. The number of rotatable bonds is 7. The molecule has 1 atom stereocenters. The van der Waals surface area contributed by atoms with Crippen LogP contribution in [0.5, 0.6) is 0 Å². The van der Waals surface area contributed by atoms with Crippen LogP contribution in [0.1, 0.15) is 37.8 Å². The van der Waals surface area contributed by atoms with Gasteiger partial charge in [0.2, 0.25) is 0 Å². The fraction of sp³-hybridized carbons (Fsp3) is 0.667. The normalized spacial score (nSPS) is 13.8. The van der Waals surface area contributed by atoms with Crippen molar-refractivity contribution in [2.75, 3.05) is 12.0 Å². The lowest BCUT2D eigenvalue weighted by Crippen LogP contribution is -2.09. The van der Waals surface area contributed by atoms with Crippen molar-refractivity contribution in [1.82, 2.24) is 4.57 Å². The Morgan fingerprint density at radius 1 is 1.47 bits per heavy atom. The highest BCUT2D eigenvalue weighted by Gasteiger charge is 2.07. The lowest BCUT2D eigenvalue weighted by Gasteiger charge is -2.07. The Balaban J connectivity index is 2.46. The van der Waals surface area contributed by atoms with Gasteiger partial charge in [0, 0.05) is 31.2 Å². The SMILES string of the molecule is CCCC(N)c1ccn(CCCS(C)(=O)=O)c1. The summed E-state index contributed by atoms with van der Waals surface area (Å²) in [6, 6.07) is 2.11. The molecule has 0 saturated carbocycles. The van der Waals surface area contributed by atoms with Crippen LogP contribution in [0.4, 0.5) is 0 Å². The molecule has 1 aromatic rings. The summed E-state index contributed by atoms with van der Waals surface area (Å²) in [6.07, 6.45) is 7.95. The quantitative estimate of drug-likeness (QED) is 0.810. The molecule has 0 radical (unpaired) electrons. The maximum Gasteiger partial charge on any atom is 0.147 e. The van der Waals surface area contributed by atoms with Crippen LogP contribution < -0.4 is 5.73 Å².